The molecule has 1 aromatic carbocycles. The third kappa shape index (κ3) is 6.31. The Morgan fingerprint density at radius 2 is 1.81 bits per heavy atom. The summed E-state index contributed by atoms with van der Waals surface area (Å²) in [5.41, 5.74) is 2.90. The molecule has 26 heavy (non-hydrogen) atoms. The van der Waals surface area contributed by atoms with Gasteiger partial charge >= 0.3 is 0 Å². The molecule has 0 saturated heterocycles. The van der Waals surface area contributed by atoms with E-state index in [9.17, 15) is 14.4 Å². The van der Waals surface area contributed by atoms with Crippen molar-refractivity contribution >= 4 is 23.3 Å². The Kier molecular flexibility index (Phi) is 7.33. The van der Waals surface area contributed by atoms with E-state index in [1.807, 2.05) is 0 Å². The number of rotatable bonds is 7. The highest BCUT2D eigenvalue weighted by molar-refractivity contribution is 6.07. The Balaban J connectivity index is 1.80. The van der Waals surface area contributed by atoms with E-state index in [1.165, 1.54) is 31.4 Å². The molecule has 1 aromatic rings. The minimum Gasteiger partial charge on any atom is -0.352 e. The van der Waals surface area contributed by atoms with Crippen LogP contribution in [0.15, 0.2) is 47.6 Å². The summed E-state index contributed by atoms with van der Waals surface area (Å²) in [5.74, 6) is -0.633. The summed E-state index contributed by atoms with van der Waals surface area (Å²) < 4.78 is 0. The number of Topliss-reactive ketones (excluding diaryl/α,β-unsaturated/α-hetero) is 1. The first-order valence-electron chi connectivity index (χ1n) is 9.02. The number of hydrogen-bond donors (Lipinski definition) is 2. The van der Waals surface area contributed by atoms with E-state index in [2.05, 4.69) is 16.7 Å². The van der Waals surface area contributed by atoms with E-state index < -0.39 is 0 Å². The number of allylic oxidation sites excluding steroid dienone is 1. The number of carbonyl (C=O) groups excluding carboxylic acids is 3. The molecule has 0 spiro atoms. The lowest BCUT2D eigenvalue weighted by Gasteiger charge is -2.12. The van der Waals surface area contributed by atoms with Crippen molar-refractivity contribution in [2.24, 2.45) is 0 Å². The van der Waals surface area contributed by atoms with Crippen LogP contribution in [0.4, 0.5) is 5.69 Å². The number of amides is 2. The first-order chi connectivity index (χ1) is 12.5. The lowest BCUT2D eigenvalue weighted by molar-refractivity contribution is -0.117. The smallest absolute Gasteiger partial charge is 0.251 e. The molecule has 5 heteroatoms. The van der Waals surface area contributed by atoms with Crippen LogP contribution < -0.4 is 10.6 Å². The lowest BCUT2D eigenvalue weighted by Crippen LogP contribution is -2.24. The highest BCUT2D eigenvalue weighted by Gasteiger charge is 2.09. The fraction of sp³-hybridized carbons (Fsp3) is 0.381. The van der Waals surface area contributed by atoms with Crippen LogP contribution in [0.5, 0.6) is 0 Å². The highest BCUT2D eigenvalue weighted by atomic mass is 16.2. The van der Waals surface area contributed by atoms with Gasteiger partial charge in [0.05, 0.1) is 0 Å². The quantitative estimate of drug-likeness (QED) is 0.444. The Labute approximate surface area is 154 Å². The van der Waals surface area contributed by atoms with Crippen molar-refractivity contribution in [1.82, 2.24) is 5.32 Å². The zero-order valence-electron chi connectivity index (χ0n) is 15.4. The van der Waals surface area contributed by atoms with Gasteiger partial charge in [-0.2, -0.15) is 0 Å². The maximum absolute atomic E-state index is 12.2. The molecule has 138 valence electrons. The number of benzene rings is 1. The third-order valence-corrected chi connectivity index (χ3v) is 4.39. The number of ketones is 1. The summed E-state index contributed by atoms with van der Waals surface area (Å²) >= 11 is 0. The maximum Gasteiger partial charge on any atom is 0.251 e. The van der Waals surface area contributed by atoms with E-state index in [-0.39, 0.29) is 17.6 Å². The van der Waals surface area contributed by atoms with Gasteiger partial charge in [-0.05, 0) is 70.2 Å². The third-order valence-electron chi connectivity index (χ3n) is 4.39. The normalized spacial score (nSPS) is 14.4. The molecular formula is C21H26N2O3. The largest absolute Gasteiger partial charge is 0.352 e. The predicted molar refractivity (Wildman–Crippen MR) is 103 cm³/mol. The zero-order valence-corrected chi connectivity index (χ0v) is 15.4. The number of carbonyl (C=O) groups is 3. The molecule has 5 nitrogen and oxygen atoms in total. The minimum atomic E-state index is -0.342. The van der Waals surface area contributed by atoms with Crippen LogP contribution in [-0.4, -0.2) is 24.1 Å². The van der Waals surface area contributed by atoms with Crippen molar-refractivity contribution in [2.75, 3.05) is 11.9 Å². The second-order valence-corrected chi connectivity index (χ2v) is 6.56. The topological polar surface area (TPSA) is 75.3 Å². The molecule has 2 rings (SSSR count). The van der Waals surface area contributed by atoms with Crippen LogP contribution >= 0.6 is 0 Å². The summed E-state index contributed by atoms with van der Waals surface area (Å²) in [6, 6.07) is 6.65. The SMILES string of the molecule is CC(=O)c1ccc(NC(=O)/C(C)=C\C(=O)NCCC2=CCCCC2)cc1. The summed E-state index contributed by atoms with van der Waals surface area (Å²) in [6.07, 6.45) is 9.19. The first kappa shape index (κ1) is 19.6. The second-order valence-electron chi connectivity index (χ2n) is 6.56. The van der Waals surface area contributed by atoms with Crippen LogP contribution in [-0.2, 0) is 9.59 Å². The van der Waals surface area contributed by atoms with Crippen molar-refractivity contribution < 1.29 is 14.4 Å². The minimum absolute atomic E-state index is 0.0281. The Morgan fingerprint density at radius 3 is 2.42 bits per heavy atom. The molecule has 0 heterocycles. The first-order valence-corrected chi connectivity index (χ1v) is 9.02. The summed E-state index contributed by atoms with van der Waals surface area (Å²) in [5, 5.41) is 5.54. The van der Waals surface area contributed by atoms with Crippen molar-refractivity contribution in [3.8, 4) is 0 Å². The molecule has 1 aliphatic rings. The van der Waals surface area contributed by atoms with Crippen LogP contribution in [0, 0.1) is 0 Å². The molecule has 0 aromatic heterocycles. The number of anilines is 1. The van der Waals surface area contributed by atoms with Gasteiger partial charge < -0.3 is 10.6 Å². The predicted octanol–water partition coefficient (Wildman–Crippen LogP) is 3.78. The standard InChI is InChI=1S/C21H26N2O3/c1-15(14-20(25)22-13-12-17-6-4-3-5-7-17)21(26)23-19-10-8-18(9-11-19)16(2)24/h6,8-11,14H,3-5,7,12-13H2,1-2H3,(H,22,25)(H,23,26)/b15-14-. The molecule has 0 saturated carbocycles. The molecule has 1 aliphatic carbocycles. The van der Waals surface area contributed by atoms with Crippen LogP contribution in [0.2, 0.25) is 0 Å². The van der Waals surface area contributed by atoms with Crippen molar-refractivity contribution in [1.29, 1.82) is 0 Å². The highest BCUT2D eigenvalue weighted by Crippen LogP contribution is 2.19. The molecule has 0 unspecified atom stereocenters. The molecular weight excluding hydrogens is 328 g/mol. The van der Waals surface area contributed by atoms with Crippen molar-refractivity contribution in [3.05, 3.63) is 53.1 Å². The van der Waals surface area contributed by atoms with Crippen molar-refractivity contribution in [3.63, 3.8) is 0 Å². The van der Waals surface area contributed by atoms with Gasteiger partial charge in [-0.3, -0.25) is 14.4 Å². The Morgan fingerprint density at radius 1 is 1.08 bits per heavy atom. The molecule has 2 amide bonds. The van der Waals surface area contributed by atoms with Gasteiger partial charge in [0.25, 0.3) is 5.91 Å². The van der Waals surface area contributed by atoms with Gasteiger partial charge in [0.2, 0.25) is 5.91 Å². The van der Waals surface area contributed by atoms with Gasteiger partial charge in [0, 0.05) is 29.4 Å². The number of hydrogen-bond acceptors (Lipinski definition) is 3. The average molecular weight is 354 g/mol. The fourth-order valence-electron chi connectivity index (χ4n) is 2.81. The van der Waals surface area contributed by atoms with Gasteiger partial charge in [0.15, 0.2) is 5.78 Å². The fourth-order valence-corrected chi connectivity index (χ4v) is 2.81. The van der Waals surface area contributed by atoms with Gasteiger partial charge in [-0.25, -0.2) is 0 Å². The van der Waals surface area contributed by atoms with E-state index in [0.29, 0.717) is 23.4 Å². The molecule has 0 bridgehead atoms. The van der Waals surface area contributed by atoms with E-state index >= 15 is 0 Å². The molecule has 0 radical (unpaired) electrons. The van der Waals surface area contributed by atoms with E-state index in [4.69, 9.17) is 0 Å². The Bertz CT molecular complexity index is 730. The Hall–Kier alpha value is -2.69. The van der Waals surface area contributed by atoms with E-state index in [0.717, 1.165) is 19.3 Å². The van der Waals surface area contributed by atoms with Crippen LogP contribution in [0.3, 0.4) is 0 Å². The zero-order chi connectivity index (χ0) is 18.9. The molecule has 0 fully saturated rings. The van der Waals surface area contributed by atoms with Gasteiger partial charge in [-0.15, -0.1) is 0 Å². The molecule has 0 atom stereocenters. The average Bonchev–Trinajstić information content (AvgIpc) is 2.63. The molecule has 2 N–H and O–H groups in total. The summed E-state index contributed by atoms with van der Waals surface area (Å²) in [7, 11) is 0. The maximum atomic E-state index is 12.2. The van der Waals surface area contributed by atoms with Crippen LogP contribution in [0.25, 0.3) is 0 Å². The summed E-state index contributed by atoms with van der Waals surface area (Å²) in [6.45, 7) is 3.68. The van der Waals surface area contributed by atoms with Gasteiger partial charge in [0.1, 0.15) is 0 Å². The van der Waals surface area contributed by atoms with Gasteiger partial charge in [-0.1, -0.05) is 11.6 Å². The molecule has 0 aliphatic heterocycles. The van der Waals surface area contributed by atoms with Crippen LogP contribution in [0.1, 0.15) is 56.3 Å². The summed E-state index contributed by atoms with van der Waals surface area (Å²) in [4.78, 5) is 35.4. The lowest BCUT2D eigenvalue weighted by atomic mass is 9.97. The van der Waals surface area contributed by atoms with Crippen molar-refractivity contribution in [2.45, 2.75) is 46.0 Å². The number of nitrogens with one attached hydrogen (secondary N) is 2. The second kappa shape index (κ2) is 9.70. The monoisotopic (exact) mass is 354 g/mol. The van der Waals surface area contributed by atoms with E-state index in [1.54, 1.807) is 31.2 Å².